The first-order chi connectivity index (χ1) is 9.60. The van der Waals surface area contributed by atoms with Crippen LogP contribution in [0.25, 0.3) is 0 Å². The van der Waals surface area contributed by atoms with Crippen LogP contribution in [0.5, 0.6) is 0 Å². The Labute approximate surface area is 120 Å². The van der Waals surface area contributed by atoms with Crippen molar-refractivity contribution in [3.8, 4) is 0 Å². The summed E-state index contributed by atoms with van der Waals surface area (Å²) in [5.41, 5.74) is 0.621. The number of benzene rings is 1. The van der Waals surface area contributed by atoms with Gasteiger partial charge in [0.15, 0.2) is 0 Å². The summed E-state index contributed by atoms with van der Waals surface area (Å²) >= 11 is 0. The van der Waals surface area contributed by atoms with Crippen LogP contribution in [-0.4, -0.2) is 12.6 Å². The first-order valence-electron chi connectivity index (χ1n) is 7.77. The Morgan fingerprint density at radius 3 is 2.50 bits per heavy atom. The lowest BCUT2D eigenvalue weighted by atomic mass is 9.77. The molecule has 0 heterocycles. The molecule has 1 aromatic carbocycles. The van der Waals surface area contributed by atoms with E-state index in [0.29, 0.717) is 23.9 Å². The molecule has 0 aliphatic heterocycles. The van der Waals surface area contributed by atoms with Crippen LogP contribution in [0.4, 0.5) is 8.78 Å². The molecule has 1 aromatic rings. The fraction of sp³-hybridized carbons (Fsp3) is 0.647. The fourth-order valence-electron chi connectivity index (χ4n) is 3.28. The third-order valence-corrected chi connectivity index (χ3v) is 4.55. The highest BCUT2D eigenvalue weighted by Crippen LogP contribution is 2.31. The molecule has 0 radical (unpaired) electrons. The van der Waals surface area contributed by atoms with Gasteiger partial charge < -0.3 is 5.32 Å². The third-order valence-electron chi connectivity index (χ3n) is 4.55. The van der Waals surface area contributed by atoms with Crippen LogP contribution in [0.2, 0.25) is 0 Å². The van der Waals surface area contributed by atoms with Crippen LogP contribution >= 0.6 is 0 Å². The number of rotatable bonds is 5. The first-order valence-corrected chi connectivity index (χ1v) is 7.77. The van der Waals surface area contributed by atoms with Gasteiger partial charge in [-0.2, -0.15) is 0 Å². The molecular weight excluding hydrogens is 256 g/mol. The predicted molar refractivity (Wildman–Crippen MR) is 78.6 cm³/mol. The molecule has 1 aliphatic carbocycles. The van der Waals surface area contributed by atoms with E-state index >= 15 is 0 Å². The van der Waals surface area contributed by atoms with Gasteiger partial charge in [-0.1, -0.05) is 32.8 Å². The zero-order chi connectivity index (χ0) is 14.5. The SMILES string of the molecule is CCNC(Cc1ccc(F)cc1F)C1CCC(C)CC1. The highest BCUT2D eigenvalue weighted by molar-refractivity contribution is 5.20. The van der Waals surface area contributed by atoms with Crippen molar-refractivity contribution in [1.82, 2.24) is 5.32 Å². The molecule has 1 aliphatic rings. The van der Waals surface area contributed by atoms with Gasteiger partial charge in [-0.05, 0) is 49.3 Å². The average molecular weight is 281 g/mol. The standard InChI is InChI=1S/C17H25F2N/c1-3-20-17(13-6-4-12(2)5-7-13)10-14-8-9-15(18)11-16(14)19/h8-9,11-13,17,20H,3-7,10H2,1-2H3. The molecule has 0 bridgehead atoms. The molecule has 1 fully saturated rings. The van der Waals surface area contributed by atoms with Crippen LogP contribution in [0.15, 0.2) is 18.2 Å². The van der Waals surface area contributed by atoms with Gasteiger partial charge in [0.1, 0.15) is 11.6 Å². The van der Waals surface area contributed by atoms with E-state index in [-0.39, 0.29) is 0 Å². The summed E-state index contributed by atoms with van der Waals surface area (Å²) in [5.74, 6) is 0.501. The molecule has 3 heteroatoms. The zero-order valence-corrected chi connectivity index (χ0v) is 12.5. The van der Waals surface area contributed by atoms with Crippen molar-refractivity contribution in [2.45, 2.75) is 52.0 Å². The van der Waals surface area contributed by atoms with E-state index in [0.717, 1.165) is 18.5 Å². The molecule has 0 spiro atoms. The molecular formula is C17H25F2N. The number of nitrogens with one attached hydrogen (secondary N) is 1. The Bertz CT molecular complexity index is 425. The minimum Gasteiger partial charge on any atom is -0.314 e. The third kappa shape index (κ3) is 4.02. The lowest BCUT2D eigenvalue weighted by Crippen LogP contribution is -2.39. The van der Waals surface area contributed by atoms with Crippen LogP contribution in [0, 0.1) is 23.5 Å². The highest BCUT2D eigenvalue weighted by atomic mass is 19.1. The van der Waals surface area contributed by atoms with Gasteiger partial charge in [-0.3, -0.25) is 0 Å². The van der Waals surface area contributed by atoms with Crippen molar-refractivity contribution < 1.29 is 8.78 Å². The molecule has 0 saturated heterocycles. The smallest absolute Gasteiger partial charge is 0.129 e. The highest BCUT2D eigenvalue weighted by Gasteiger charge is 2.26. The van der Waals surface area contributed by atoms with Crippen molar-refractivity contribution in [3.63, 3.8) is 0 Å². The van der Waals surface area contributed by atoms with Crippen LogP contribution in [0.1, 0.15) is 45.1 Å². The molecule has 2 rings (SSSR count). The lowest BCUT2D eigenvalue weighted by Gasteiger charge is -2.33. The molecule has 1 N–H and O–H groups in total. The minimum absolute atomic E-state index is 0.299. The zero-order valence-electron chi connectivity index (χ0n) is 12.5. The van der Waals surface area contributed by atoms with Crippen LogP contribution < -0.4 is 5.32 Å². The summed E-state index contributed by atoms with van der Waals surface area (Å²) in [6, 6.07) is 4.22. The Morgan fingerprint density at radius 2 is 1.90 bits per heavy atom. The van der Waals surface area contributed by atoms with Gasteiger partial charge in [0.2, 0.25) is 0 Å². The Kier molecular flexibility index (Phi) is 5.53. The Morgan fingerprint density at radius 1 is 1.20 bits per heavy atom. The maximum atomic E-state index is 13.8. The average Bonchev–Trinajstić information content (AvgIpc) is 2.42. The topological polar surface area (TPSA) is 12.0 Å². The second-order valence-electron chi connectivity index (χ2n) is 6.12. The van der Waals surface area contributed by atoms with E-state index in [1.807, 2.05) is 0 Å². The van der Waals surface area contributed by atoms with E-state index in [2.05, 4.69) is 19.2 Å². The van der Waals surface area contributed by atoms with E-state index in [4.69, 9.17) is 0 Å². The largest absolute Gasteiger partial charge is 0.314 e. The number of hydrogen-bond acceptors (Lipinski definition) is 1. The molecule has 0 aromatic heterocycles. The number of halogens is 2. The summed E-state index contributed by atoms with van der Waals surface area (Å²) < 4.78 is 26.8. The Hall–Kier alpha value is -0.960. The molecule has 20 heavy (non-hydrogen) atoms. The predicted octanol–water partition coefficient (Wildman–Crippen LogP) is 4.31. The molecule has 1 nitrogen and oxygen atoms in total. The molecule has 1 unspecified atom stereocenters. The maximum Gasteiger partial charge on any atom is 0.129 e. The van der Waals surface area contributed by atoms with Gasteiger partial charge in [0.05, 0.1) is 0 Å². The van der Waals surface area contributed by atoms with E-state index in [1.165, 1.54) is 31.7 Å². The van der Waals surface area contributed by atoms with Crippen molar-refractivity contribution >= 4 is 0 Å². The fourth-order valence-corrected chi connectivity index (χ4v) is 3.28. The van der Waals surface area contributed by atoms with Crippen molar-refractivity contribution in [3.05, 3.63) is 35.4 Å². The summed E-state index contributed by atoms with van der Waals surface area (Å²) in [6.45, 7) is 5.27. The van der Waals surface area contributed by atoms with Gasteiger partial charge >= 0.3 is 0 Å². The number of likely N-dealkylation sites (N-methyl/N-ethyl adjacent to an activating group) is 1. The second-order valence-corrected chi connectivity index (χ2v) is 6.12. The first kappa shape index (κ1) is 15.4. The van der Waals surface area contributed by atoms with Crippen molar-refractivity contribution in [2.24, 2.45) is 11.8 Å². The minimum atomic E-state index is -0.502. The molecule has 0 amide bonds. The van der Waals surface area contributed by atoms with Gasteiger partial charge in [0.25, 0.3) is 0 Å². The summed E-state index contributed by atoms with van der Waals surface area (Å²) in [7, 11) is 0. The normalized spacial score (nSPS) is 24.6. The quantitative estimate of drug-likeness (QED) is 0.848. The van der Waals surface area contributed by atoms with Crippen molar-refractivity contribution in [2.75, 3.05) is 6.54 Å². The van der Waals surface area contributed by atoms with Gasteiger partial charge in [-0.15, -0.1) is 0 Å². The summed E-state index contributed by atoms with van der Waals surface area (Å²) in [4.78, 5) is 0. The second kappa shape index (κ2) is 7.16. The molecule has 1 atom stereocenters. The summed E-state index contributed by atoms with van der Waals surface area (Å²) in [5, 5.41) is 3.50. The molecule has 1 saturated carbocycles. The van der Waals surface area contributed by atoms with Crippen LogP contribution in [-0.2, 0) is 6.42 Å². The van der Waals surface area contributed by atoms with Gasteiger partial charge in [0, 0.05) is 12.1 Å². The Balaban J connectivity index is 2.04. The van der Waals surface area contributed by atoms with E-state index in [1.54, 1.807) is 6.07 Å². The number of hydrogen-bond donors (Lipinski definition) is 1. The van der Waals surface area contributed by atoms with Crippen LogP contribution in [0.3, 0.4) is 0 Å². The van der Waals surface area contributed by atoms with E-state index in [9.17, 15) is 8.78 Å². The lowest BCUT2D eigenvalue weighted by molar-refractivity contribution is 0.229. The van der Waals surface area contributed by atoms with Gasteiger partial charge in [-0.25, -0.2) is 8.78 Å². The van der Waals surface area contributed by atoms with E-state index < -0.39 is 11.6 Å². The maximum absolute atomic E-state index is 13.8. The monoisotopic (exact) mass is 281 g/mol. The summed E-state index contributed by atoms with van der Waals surface area (Å²) in [6.07, 6.45) is 5.60. The molecule has 112 valence electrons. The van der Waals surface area contributed by atoms with Crippen molar-refractivity contribution in [1.29, 1.82) is 0 Å².